The van der Waals surface area contributed by atoms with Crippen LogP contribution in [0, 0.1) is 0 Å². The van der Waals surface area contributed by atoms with Crippen molar-refractivity contribution in [3.8, 4) is 0 Å². The molecule has 1 aliphatic rings. The molecule has 0 spiro atoms. The minimum Gasteiger partial charge on any atom is -0.467 e. The number of rotatable bonds is 6. The summed E-state index contributed by atoms with van der Waals surface area (Å²) in [5.74, 6) is -0.561. The monoisotopic (exact) mass is 400 g/mol. The van der Waals surface area contributed by atoms with Gasteiger partial charge in [-0.25, -0.2) is 4.79 Å². The van der Waals surface area contributed by atoms with E-state index in [1.54, 1.807) is 0 Å². The highest BCUT2D eigenvalue weighted by atomic mass is 28.4. The number of aliphatic hydroxyl groups is 1. The number of carbonyl (C=O) groups is 1. The van der Waals surface area contributed by atoms with Crippen molar-refractivity contribution in [3.63, 3.8) is 0 Å². The topological polar surface area (TPSA) is 65.0 Å². The zero-order valence-electron chi connectivity index (χ0n) is 16.8. The summed E-state index contributed by atoms with van der Waals surface area (Å²) >= 11 is 0. The van der Waals surface area contributed by atoms with E-state index in [1.165, 1.54) is 7.11 Å². The van der Waals surface area contributed by atoms with Crippen LogP contribution in [0.25, 0.3) is 0 Å². The van der Waals surface area contributed by atoms with Gasteiger partial charge in [0.15, 0.2) is 6.10 Å². The first-order valence-corrected chi connectivity index (χ1v) is 11.4. The van der Waals surface area contributed by atoms with Gasteiger partial charge < -0.3 is 19.0 Å². The Bertz CT molecular complexity index is 748. The molecule has 0 aliphatic carbocycles. The molecule has 1 saturated heterocycles. The lowest BCUT2D eigenvalue weighted by Gasteiger charge is -2.46. The van der Waals surface area contributed by atoms with Crippen molar-refractivity contribution in [2.75, 3.05) is 13.7 Å². The number of ether oxygens (including phenoxy) is 2. The second-order valence-corrected chi connectivity index (χ2v) is 12.4. The van der Waals surface area contributed by atoms with E-state index >= 15 is 0 Å². The Labute approximate surface area is 167 Å². The normalized spacial score (nSPS) is 22.4. The number of hydrogen-bond donors (Lipinski definition) is 1. The van der Waals surface area contributed by atoms with Crippen LogP contribution in [0.15, 0.2) is 60.7 Å². The Kier molecular flexibility index (Phi) is 6.05. The van der Waals surface area contributed by atoms with Crippen molar-refractivity contribution in [1.82, 2.24) is 0 Å². The summed E-state index contributed by atoms with van der Waals surface area (Å²) in [6, 6.07) is 20.5. The molecule has 2 aromatic carbocycles. The van der Waals surface area contributed by atoms with E-state index in [9.17, 15) is 9.90 Å². The lowest BCUT2D eigenvalue weighted by Crippen LogP contribution is -2.69. The van der Waals surface area contributed by atoms with Gasteiger partial charge in [0, 0.05) is 0 Å². The molecular formula is C22H28O5Si. The van der Waals surface area contributed by atoms with E-state index < -0.39 is 32.6 Å². The molecule has 3 atom stereocenters. The van der Waals surface area contributed by atoms with Gasteiger partial charge in [0.05, 0.1) is 13.7 Å². The van der Waals surface area contributed by atoms with E-state index in [0.29, 0.717) is 0 Å². The SMILES string of the molecule is COC(=O)[C@H]1O[C@H](CO[Si](c2ccccc2)(c2ccccc2)C(C)(C)C)[C@H]1O. The first-order chi connectivity index (χ1) is 13.3. The van der Waals surface area contributed by atoms with E-state index in [-0.39, 0.29) is 11.6 Å². The Morgan fingerprint density at radius 3 is 1.93 bits per heavy atom. The van der Waals surface area contributed by atoms with Gasteiger partial charge in [-0.2, -0.15) is 0 Å². The third-order valence-corrected chi connectivity index (χ3v) is 10.3. The van der Waals surface area contributed by atoms with Crippen molar-refractivity contribution in [3.05, 3.63) is 60.7 Å². The Morgan fingerprint density at radius 2 is 1.54 bits per heavy atom. The average Bonchev–Trinajstić information content (AvgIpc) is 2.69. The second-order valence-electron chi connectivity index (χ2n) is 8.08. The van der Waals surface area contributed by atoms with Crippen molar-refractivity contribution in [2.24, 2.45) is 0 Å². The van der Waals surface area contributed by atoms with Gasteiger partial charge in [0.2, 0.25) is 0 Å². The summed E-state index contributed by atoms with van der Waals surface area (Å²) in [5, 5.41) is 12.5. The smallest absolute Gasteiger partial charge is 0.337 e. The molecular weight excluding hydrogens is 372 g/mol. The number of carbonyl (C=O) groups excluding carboxylic acids is 1. The molecule has 0 saturated carbocycles. The van der Waals surface area contributed by atoms with Crippen LogP contribution in [0.2, 0.25) is 5.04 Å². The molecule has 28 heavy (non-hydrogen) atoms. The van der Waals surface area contributed by atoms with E-state index in [4.69, 9.17) is 9.16 Å². The zero-order chi connectivity index (χ0) is 20.4. The van der Waals surface area contributed by atoms with Gasteiger partial charge in [-0.3, -0.25) is 0 Å². The molecule has 2 aromatic rings. The highest BCUT2D eigenvalue weighted by Gasteiger charge is 2.53. The van der Waals surface area contributed by atoms with Crippen molar-refractivity contribution < 1.29 is 23.8 Å². The standard InChI is InChI=1S/C22H28O5Si/c1-22(2,3)28(16-11-7-5-8-12-16,17-13-9-6-10-14-17)26-15-18-19(23)20(27-18)21(24)25-4/h5-14,18-20,23H,15H2,1-4H3/t18-,19-,20+/m1/s1. The largest absolute Gasteiger partial charge is 0.467 e. The summed E-state index contributed by atoms with van der Waals surface area (Å²) in [7, 11) is -1.41. The molecule has 3 rings (SSSR count). The predicted molar refractivity (Wildman–Crippen MR) is 110 cm³/mol. The Balaban J connectivity index is 1.93. The third-order valence-electron chi connectivity index (χ3n) is 5.33. The second kappa shape index (κ2) is 8.17. The molecule has 6 heteroatoms. The summed E-state index contributed by atoms with van der Waals surface area (Å²) < 4.78 is 16.9. The van der Waals surface area contributed by atoms with Crippen LogP contribution in [-0.2, 0) is 18.7 Å². The summed E-state index contributed by atoms with van der Waals surface area (Å²) in [4.78, 5) is 11.6. The number of aliphatic hydroxyl groups excluding tert-OH is 1. The van der Waals surface area contributed by atoms with E-state index in [1.807, 2.05) is 36.4 Å². The van der Waals surface area contributed by atoms with Crippen LogP contribution in [0.1, 0.15) is 20.8 Å². The molecule has 5 nitrogen and oxygen atoms in total. The van der Waals surface area contributed by atoms with Crippen molar-refractivity contribution in [1.29, 1.82) is 0 Å². The quantitative estimate of drug-likeness (QED) is 0.592. The zero-order valence-corrected chi connectivity index (χ0v) is 17.8. The average molecular weight is 401 g/mol. The molecule has 1 fully saturated rings. The maximum absolute atomic E-state index is 11.6. The van der Waals surface area contributed by atoms with Crippen molar-refractivity contribution in [2.45, 2.75) is 44.1 Å². The number of methoxy groups -OCH3 is 1. The lowest BCUT2D eigenvalue weighted by atomic mass is 10.0. The first kappa shape index (κ1) is 20.7. The Hall–Kier alpha value is -1.99. The van der Waals surface area contributed by atoms with Gasteiger partial charge in [-0.15, -0.1) is 0 Å². The fourth-order valence-corrected chi connectivity index (χ4v) is 8.44. The van der Waals surface area contributed by atoms with Crippen LogP contribution in [0.5, 0.6) is 0 Å². The fourth-order valence-electron chi connectivity index (χ4n) is 3.87. The fraction of sp³-hybridized carbons (Fsp3) is 0.409. The van der Waals surface area contributed by atoms with Crippen LogP contribution in [-0.4, -0.2) is 51.4 Å². The summed E-state index contributed by atoms with van der Waals surface area (Å²) in [6.07, 6.45) is -2.41. The molecule has 0 amide bonds. The maximum Gasteiger partial charge on any atom is 0.337 e. The van der Waals surface area contributed by atoms with Crippen LogP contribution in [0.4, 0.5) is 0 Å². The van der Waals surface area contributed by atoms with Gasteiger partial charge in [0.25, 0.3) is 8.32 Å². The number of benzene rings is 2. The Morgan fingerprint density at radius 1 is 1.04 bits per heavy atom. The molecule has 0 bridgehead atoms. The van der Waals surface area contributed by atoms with Gasteiger partial charge in [0.1, 0.15) is 12.2 Å². The highest BCUT2D eigenvalue weighted by Crippen LogP contribution is 2.37. The molecule has 0 aromatic heterocycles. The first-order valence-electron chi connectivity index (χ1n) is 9.47. The van der Waals surface area contributed by atoms with Gasteiger partial charge in [-0.1, -0.05) is 81.4 Å². The third kappa shape index (κ3) is 3.65. The maximum atomic E-state index is 11.6. The number of esters is 1. The molecule has 1 heterocycles. The minimum atomic E-state index is -2.69. The van der Waals surface area contributed by atoms with E-state index in [0.717, 1.165) is 10.4 Å². The molecule has 0 radical (unpaired) electrons. The summed E-state index contributed by atoms with van der Waals surface area (Å²) in [5.41, 5.74) is 0. The highest BCUT2D eigenvalue weighted by molar-refractivity contribution is 6.99. The molecule has 1 N–H and O–H groups in total. The predicted octanol–water partition coefficient (Wildman–Crippen LogP) is 1.86. The summed E-state index contributed by atoms with van der Waals surface area (Å²) in [6.45, 7) is 6.78. The molecule has 150 valence electrons. The van der Waals surface area contributed by atoms with Gasteiger partial charge in [-0.05, 0) is 15.4 Å². The van der Waals surface area contributed by atoms with E-state index in [2.05, 4.69) is 49.8 Å². The van der Waals surface area contributed by atoms with Crippen LogP contribution >= 0.6 is 0 Å². The van der Waals surface area contributed by atoms with Crippen molar-refractivity contribution >= 4 is 24.7 Å². The molecule has 1 aliphatic heterocycles. The lowest BCUT2D eigenvalue weighted by molar-refractivity contribution is -0.237. The minimum absolute atomic E-state index is 0.161. The number of hydrogen-bond acceptors (Lipinski definition) is 5. The van der Waals surface area contributed by atoms with Crippen LogP contribution in [0.3, 0.4) is 0 Å². The van der Waals surface area contributed by atoms with Crippen LogP contribution < -0.4 is 10.4 Å². The van der Waals surface area contributed by atoms with Gasteiger partial charge >= 0.3 is 5.97 Å². The molecule has 0 unspecified atom stereocenters.